The van der Waals surface area contributed by atoms with Crippen LogP contribution in [0.4, 0.5) is 0 Å². The summed E-state index contributed by atoms with van der Waals surface area (Å²) < 4.78 is 11.6. The highest BCUT2D eigenvalue weighted by Crippen LogP contribution is 2.34. The first-order chi connectivity index (χ1) is 9.13. The van der Waals surface area contributed by atoms with Crippen LogP contribution in [0.15, 0.2) is 0 Å². The van der Waals surface area contributed by atoms with Crippen molar-refractivity contribution < 1.29 is 14.3 Å². The molecule has 5 nitrogen and oxygen atoms in total. The lowest BCUT2D eigenvalue weighted by molar-refractivity contribution is -0.128. The van der Waals surface area contributed by atoms with Crippen LogP contribution in [0.25, 0.3) is 0 Å². The maximum absolute atomic E-state index is 11.6. The highest BCUT2D eigenvalue weighted by molar-refractivity contribution is 5.77. The van der Waals surface area contributed by atoms with E-state index in [0.29, 0.717) is 6.61 Å². The second kappa shape index (κ2) is 6.68. The molecule has 19 heavy (non-hydrogen) atoms. The minimum Gasteiger partial charge on any atom is -0.372 e. The van der Waals surface area contributed by atoms with Gasteiger partial charge < -0.3 is 20.1 Å². The average Bonchev–Trinajstić information content (AvgIpc) is 2.80. The molecule has 5 heteroatoms. The lowest BCUT2D eigenvalue weighted by Crippen LogP contribution is -2.41. The first-order valence-corrected chi connectivity index (χ1v) is 7.39. The molecule has 0 saturated carbocycles. The molecule has 2 fully saturated rings. The fourth-order valence-electron chi connectivity index (χ4n) is 2.75. The number of ether oxygens (including phenoxy) is 2. The van der Waals surface area contributed by atoms with Crippen molar-refractivity contribution in [3.8, 4) is 0 Å². The Morgan fingerprint density at radius 2 is 2.26 bits per heavy atom. The van der Waals surface area contributed by atoms with Crippen molar-refractivity contribution in [1.29, 1.82) is 0 Å². The highest BCUT2D eigenvalue weighted by atomic mass is 16.6. The molecular formula is C14H26N2O3. The molecule has 0 radical (unpaired) electrons. The van der Waals surface area contributed by atoms with E-state index in [1.54, 1.807) is 0 Å². The summed E-state index contributed by atoms with van der Waals surface area (Å²) in [5.74, 6) is -0.0272. The van der Waals surface area contributed by atoms with E-state index in [1.807, 2.05) is 6.92 Å². The summed E-state index contributed by atoms with van der Waals surface area (Å²) in [6.45, 7) is 6.85. The zero-order chi connectivity index (χ0) is 13.7. The van der Waals surface area contributed by atoms with Gasteiger partial charge in [-0.1, -0.05) is 6.92 Å². The van der Waals surface area contributed by atoms with Gasteiger partial charge in [-0.2, -0.15) is 0 Å². The number of carbonyl (C=O) groups is 1. The molecule has 0 aromatic heterocycles. The van der Waals surface area contributed by atoms with Gasteiger partial charge in [-0.25, -0.2) is 0 Å². The molecule has 1 spiro atoms. The van der Waals surface area contributed by atoms with Gasteiger partial charge in [-0.3, -0.25) is 4.79 Å². The van der Waals surface area contributed by atoms with E-state index < -0.39 is 0 Å². The van der Waals surface area contributed by atoms with Gasteiger partial charge >= 0.3 is 0 Å². The molecule has 2 saturated heterocycles. The maximum Gasteiger partial charge on any atom is 0.246 e. The normalized spacial score (nSPS) is 27.4. The van der Waals surface area contributed by atoms with Crippen molar-refractivity contribution in [3.05, 3.63) is 0 Å². The van der Waals surface area contributed by atoms with E-state index in [1.165, 1.54) is 0 Å². The third-order valence-electron chi connectivity index (χ3n) is 4.16. The summed E-state index contributed by atoms with van der Waals surface area (Å²) in [7, 11) is 0. The van der Waals surface area contributed by atoms with Crippen LogP contribution < -0.4 is 10.6 Å². The smallest absolute Gasteiger partial charge is 0.246 e. The van der Waals surface area contributed by atoms with Crippen LogP contribution in [0.1, 0.15) is 39.5 Å². The molecule has 2 N–H and O–H groups in total. The van der Waals surface area contributed by atoms with Crippen molar-refractivity contribution in [1.82, 2.24) is 10.6 Å². The first kappa shape index (κ1) is 14.8. The Morgan fingerprint density at radius 1 is 1.53 bits per heavy atom. The Balaban J connectivity index is 1.69. The average molecular weight is 270 g/mol. The number of hydrogen-bond donors (Lipinski definition) is 2. The van der Waals surface area contributed by atoms with Gasteiger partial charge in [0.2, 0.25) is 5.91 Å². The molecule has 0 aromatic rings. The van der Waals surface area contributed by atoms with E-state index in [2.05, 4.69) is 17.6 Å². The monoisotopic (exact) mass is 270 g/mol. The van der Waals surface area contributed by atoms with Crippen LogP contribution in [-0.4, -0.2) is 50.0 Å². The molecule has 1 amide bonds. The lowest BCUT2D eigenvalue weighted by Gasteiger charge is -2.32. The van der Waals surface area contributed by atoms with Crippen molar-refractivity contribution in [2.24, 2.45) is 0 Å². The summed E-state index contributed by atoms with van der Waals surface area (Å²) in [5, 5.41) is 6.25. The number of piperidine rings is 1. The molecule has 0 bridgehead atoms. The largest absolute Gasteiger partial charge is 0.372 e. The van der Waals surface area contributed by atoms with Crippen LogP contribution in [0.2, 0.25) is 0 Å². The van der Waals surface area contributed by atoms with Crippen LogP contribution in [0, 0.1) is 0 Å². The standard InChI is InChI=1S/C14H26N2O3/c1-3-11(2)16-13(17)10-18-12-8-14(19-9-12)4-6-15-7-5-14/h11-12,15H,3-10H2,1-2H3,(H,16,17). The van der Waals surface area contributed by atoms with Gasteiger partial charge in [0.1, 0.15) is 6.61 Å². The van der Waals surface area contributed by atoms with E-state index in [4.69, 9.17) is 9.47 Å². The Morgan fingerprint density at radius 3 is 2.95 bits per heavy atom. The van der Waals surface area contributed by atoms with Gasteiger partial charge in [-0.05, 0) is 39.3 Å². The highest BCUT2D eigenvalue weighted by Gasteiger charge is 2.41. The second-order valence-electron chi connectivity index (χ2n) is 5.76. The molecule has 2 aliphatic rings. The minimum atomic E-state index is -0.0272. The Labute approximate surface area is 115 Å². The van der Waals surface area contributed by atoms with Crippen LogP contribution in [0.5, 0.6) is 0 Å². The van der Waals surface area contributed by atoms with Crippen molar-refractivity contribution >= 4 is 5.91 Å². The molecule has 2 unspecified atom stereocenters. The van der Waals surface area contributed by atoms with Crippen molar-refractivity contribution in [2.45, 2.75) is 57.3 Å². The summed E-state index contributed by atoms with van der Waals surface area (Å²) in [6.07, 6.45) is 4.03. The third kappa shape index (κ3) is 4.16. The van der Waals surface area contributed by atoms with Gasteiger partial charge in [0, 0.05) is 12.5 Å². The molecule has 0 aliphatic carbocycles. The second-order valence-corrected chi connectivity index (χ2v) is 5.76. The maximum atomic E-state index is 11.6. The summed E-state index contributed by atoms with van der Waals surface area (Å²) in [5.41, 5.74) is 0.00308. The number of nitrogens with one attached hydrogen (secondary N) is 2. The topological polar surface area (TPSA) is 59.6 Å². The molecule has 2 heterocycles. The molecule has 110 valence electrons. The molecule has 2 rings (SSSR count). The van der Waals surface area contributed by atoms with Crippen molar-refractivity contribution in [3.63, 3.8) is 0 Å². The fraction of sp³-hybridized carbons (Fsp3) is 0.929. The van der Waals surface area contributed by atoms with E-state index in [0.717, 1.165) is 38.8 Å². The lowest BCUT2D eigenvalue weighted by atomic mass is 9.89. The summed E-state index contributed by atoms with van der Waals surface area (Å²) in [6, 6.07) is 0.215. The summed E-state index contributed by atoms with van der Waals surface area (Å²) >= 11 is 0. The number of amides is 1. The predicted molar refractivity (Wildman–Crippen MR) is 73.0 cm³/mol. The first-order valence-electron chi connectivity index (χ1n) is 7.39. The molecule has 2 atom stereocenters. The zero-order valence-corrected chi connectivity index (χ0v) is 12.0. The van der Waals surface area contributed by atoms with Gasteiger partial charge in [0.05, 0.1) is 18.3 Å². The molecule has 0 aromatic carbocycles. The van der Waals surface area contributed by atoms with Crippen LogP contribution >= 0.6 is 0 Å². The van der Waals surface area contributed by atoms with Gasteiger partial charge in [-0.15, -0.1) is 0 Å². The SMILES string of the molecule is CCC(C)NC(=O)COC1COC2(CCNCC2)C1. The van der Waals surface area contributed by atoms with E-state index in [9.17, 15) is 4.79 Å². The van der Waals surface area contributed by atoms with E-state index in [-0.39, 0.29) is 30.3 Å². The summed E-state index contributed by atoms with van der Waals surface area (Å²) in [4.78, 5) is 11.6. The van der Waals surface area contributed by atoms with E-state index >= 15 is 0 Å². The number of rotatable bonds is 5. The predicted octanol–water partition coefficient (Wildman–Crippen LogP) is 0.829. The molecule has 2 aliphatic heterocycles. The Hall–Kier alpha value is -0.650. The van der Waals surface area contributed by atoms with Crippen LogP contribution in [-0.2, 0) is 14.3 Å². The zero-order valence-electron chi connectivity index (χ0n) is 12.0. The fourth-order valence-corrected chi connectivity index (χ4v) is 2.75. The quantitative estimate of drug-likeness (QED) is 0.777. The number of carbonyl (C=O) groups excluding carboxylic acids is 1. The Kier molecular flexibility index (Phi) is 5.19. The number of hydrogen-bond acceptors (Lipinski definition) is 4. The Bertz CT molecular complexity index is 303. The van der Waals surface area contributed by atoms with Crippen molar-refractivity contribution in [2.75, 3.05) is 26.3 Å². The molecular weight excluding hydrogens is 244 g/mol. The van der Waals surface area contributed by atoms with Gasteiger partial charge in [0.25, 0.3) is 0 Å². The minimum absolute atomic E-state index is 0.00308. The van der Waals surface area contributed by atoms with Gasteiger partial charge in [0.15, 0.2) is 0 Å². The van der Waals surface area contributed by atoms with Crippen LogP contribution in [0.3, 0.4) is 0 Å². The third-order valence-corrected chi connectivity index (χ3v) is 4.16.